The lowest BCUT2D eigenvalue weighted by atomic mass is 10.1. The summed E-state index contributed by atoms with van der Waals surface area (Å²) in [5.41, 5.74) is 4.59. The minimum absolute atomic E-state index is 0.649. The van der Waals surface area contributed by atoms with Crippen molar-refractivity contribution in [3.05, 3.63) is 35.4 Å². The van der Waals surface area contributed by atoms with Crippen LogP contribution in [0.2, 0.25) is 0 Å². The van der Waals surface area contributed by atoms with Gasteiger partial charge in [0.25, 0.3) is 0 Å². The molecule has 0 bridgehead atoms. The summed E-state index contributed by atoms with van der Waals surface area (Å²) in [6, 6.07) is 9.47. The van der Waals surface area contributed by atoms with E-state index < -0.39 is 0 Å². The van der Waals surface area contributed by atoms with Crippen LogP contribution in [0.15, 0.2) is 24.3 Å². The summed E-state index contributed by atoms with van der Waals surface area (Å²) in [5.74, 6) is 0. The molecule has 0 aliphatic heterocycles. The largest absolute Gasteiger partial charge is 0.302 e. The Morgan fingerprint density at radius 3 is 2.62 bits per heavy atom. The Balaban J connectivity index is 2.46. The minimum atomic E-state index is 0.649. The van der Waals surface area contributed by atoms with E-state index in [1.165, 1.54) is 0 Å². The molecule has 3 nitrogen and oxygen atoms in total. The molecule has 1 aromatic carbocycles. The Labute approximate surface area is 77.9 Å². The summed E-state index contributed by atoms with van der Waals surface area (Å²) in [4.78, 5) is 4.98. The van der Waals surface area contributed by atoms with Crippen molar-refractivity contribution in [3.63, 3.8) is 0 Å². The van der Waals surface area contributed by atoms with E-state index in [2.05, 4.69) is 11.5 Å². The summed E-state index contributed by atoms with van der Waals surface area (Å²) in [5, 5.41) is 8.55. The van der Waals surface area contributed by atoms with Gasteiger partial charge >= 0.3 is 0 Å². The molecular weight excluding hydrogens is 164 g/mol. The third kappa shape index (κ3) is 3.24. The Morgan fingerprint density at radius 2 is 2.08 bits per heavy atom. The lowest BCUT2D eigenvalue weighted by molar-refractivity contribution is 0.0463. The molecule has 0 unspecified atom stereocenters. The van der Waals surface area contributed by atoms with E-state index in [1.54, 1.807) is 12.1 Å². The maximum absolute atomic E-state index is 8.55. The number of rotatable bonds is 4. The first-order valence-electron chi connectivity index (χ1n) is 4.20. The van der Waals surface area contributed by atoms with Crippen LogP contribution in [0.4, 0.5) is 0 Å². The third-order valence-corrected chi connectivity index (χ3v) is 1.61. The molecule has 1 rings (SSSR count). The first-order valence-corrected chi connectivity index (χ1v) is 4.20. The first-order chi connectivity index (χ1) is 6.36. The second-order valence-corrected chi connectivity index (χ2v) is 2.56. The molecular formula is C10H12N2O. The van der Waals surface area contributed by atoms with E-state index in [9.17, 15) is 0 Å². The van der Waals surface area contributed by atoms with Crippen molar-refractivity contribution in [2.75, 3.05) is 6.61 Å². The predicted octanol–water partition coefficient (Wildman–Crippen LogP) is 1.60. The Morgan fingerprint density at radius 1 is 1.38 bits per heavy atom. The van der Waals surface area contributed by atoms with Crippen molar-refractivity contribution in [3.8, 4) is 6.07 Å². The maximum Gasteiger partial charge on any atom is 0.0991 e. The normalized spacial score (nSPS) is 9.54. The number of benzene rings is 1. The highest BCUT2D eigenvalue weighted by Crippen LogP contribution is 2.02. The maximum atomic E-state index is 8.55. The zero-order valence-corrected chi connectivity index (χ0v) is 7.58. The number of nitrogens with one attached hydrogen (secondary N) is 1. The van der Waals surface area contributed by atoms with Gasteiger partial charge in [0, 0.05) is 6.54 Å². The van der Waals surface area contributed by atoms with Gasteiger partial charge < -0.3 is 4.84 Å². The molecule has 0 aliphatic rings. The zero-order chi connectivity index (χ0) is 9.52. The number of nitriles is 1. The van der Waals surface area contributed by atoms with E-state index in [-0.39, 0.29) is 0 Å². The van der Waals surface area contributed by atoms with Crippen molar-refractivity contribution in [1.82, 2.24) is 5.48 Å². The lowest BCUT2D eigenvalue weighted by Crippen LogP contribution is -2.13. The van der Waals surface area contributed by atoms with Crippen LogP contribution in [0.1, 0.15) is 18.1 Å². The van der Waals surface area contributed by atoms with Crippen LogP contribution in [0, 0.1) is 11.3 Å². The standard InChI is InChI=1S/C10H12N2O/c1-2-13-12-8-10-5-3-9(7-11)4-6-10/h3-6,12H,2,8H2,1H3. The highest BCUT2D eigenvalue weighted by molar-refractivity contribution is 5.31. The molecule has 0 radical (unpaired) electrons. The molecule has 1 aromatic rings. The van der Waals surface area contributed by atoms with Crippen molar-refractivity contribution < 1.29 is 4.84 Å². The van der Waals surface area contributed by atoms with Crippen molar-refractivity contribution in [2.24, 2.45) is 0 Å². The van der Waals surface area contributed by atoms with Gasteiger partial charge in [0.2, 0.25) is 0 Å². The second-order valence-electron chi connectivity index (χ2n) is 2.56. The van der Waals surface area contributed by atoms with Gasteiger partial charge in [0.1, 0.15) is 0 Å². The average molecular weight is 176 g/mol. The zero-order valence-electron chi connectivity index (χ0n) is 7.58. The summed E-state index contributed by atoms with van der Waals surface area (Å²) in [6.45, 7) is 3.24. The Kier molecular flexibility index (Phi) is 3.97. The molecule has 0 amide bonds. The molecule has 0 saturated carbocycles. The fourth-order valence-electron chi connectivity index (χ4n) is 0.934. The van der Waals surface area contributed by atoms with Gasteiger partial charge in [-0.05, 0) is 24.6 Å². The molecule has 3 heteroatoms. The van der Waals surface area contributed by atoms with E-state index >= 15 is 0 Å². The van der Waals surface area contributed by atoms with Gasteiger partial charge in [0.05, 0.1) is 18.2 Å². The quantitative estimate of drug-likeness (QED) is 0.559. The Hall–Kier alpha value is -1.37. The van der Waals surface area contributed by atoms with Gasteiger partial charge in [-0.15, -0.1) is 0 Å². The predicted molar refractivity (Wildman–Crippen MR) is 49.6 cm³/mol. The highest BCUT2D eigenvalue weighted by Gasteiger charge is 1.92. The fraction of sp³-hybridized carbons (Fsp3) is 0.300. The second kappa shape index (κ2) is 5.31. The highest BCUT2D eigenvalue weighted by atomic mass is 16.6. The first kappa shape index (κ1) is 9.72. The molecule has 68 valence electrons. The summed E-state index contributed by atoms with van der Waals surface area (Å²) >= 11 is 0. The summed E-state index contributed by atoms with van der Waals surface area (Å²) in [7, 11) is 0. The van der Waals surface area contributed by atoms with Crippen LogP contribution < -0.4 is 5.48 Å². The van der Waals surface area contributed by atoms with Gasteiger partial charge in [-0.3, -0.25) is 0 Å². The molecule has 0 spiro atoms. The van der Waals surface area contributed by atoms with Crippen LogP contribution in [-0.4, -0.2) is 6.61 Å². The van der Waals surface area contributed by atoms with Crippen molar-refractivity contribution >= 4 is 0 Å². The van der Waals surface area contributed by atoms with E-state index in [1.807, 2.05) is 19.1 Å². The molecule has 0 saturated heterocycles. The number of hydroxylamine groups is 1. The van der Waals surface area contributed by atoms with Gasteiger partial charge in [-0.1, -0.05) is 12.1 Å². The minimum Gasteiger partial charge on any atom is -0.302 e. The van der Waals surface area contributed by atoms with Crippen LogP contribution >= 0.6 is 0 Å². The van der Waals surface area contributed by atoms with Gasteiger partial charge in [-0.25, -0.2) is 0 Å². The molecule has 13 heavy (non-hydrogen) atoms. The van der Waals surface area contributed by atoms with Gasteiger partial charge in [0.15, 0.2) is 0 Å². The van der Waals surface area contributed by atoms with E-state index in [0.717, 1.165) is 5.56 Å². The van der Waals surface area contributed by atoms with E-state index in [4.69, 9.17) is 10.1 Å². The van der Waals surface area contributed by atoms with Crippen LogP contribution in [0.3, 0.4) is 0 Å². The van der Waals surface area contributed by atoms with Crippen LogP contribution in [0.25, 0.3) is 0 Å². The monoisotopic (exact) mass is 176 g/mol. The molecule has 0 heterocycles. The average Bonchev–Trinajstić information content (AvgIpc) is 2.19. The van der Waals surface area contributed by atoms with Crippen molar-refractivity contribution in [1.29, 1.82) is 5.26 Å². The van der Waals surface area contributed by atoms with Crippen molar-refractivity contribution in [2.45, 2.75) is 13.5 Å². The molecule has 0 atom stereocenters. The SMILES string of the molecule is CCONCc1ccc(C#N)cc1. The Bertz CT molecular complexity index is 287. The lowest BCUT2D eigenvalue weighted by Gasteiger charge is -2.02. The topological polar surface area (TPSA) is 45.0 Å². The number of hydrogen-bond donors (Lipinski definition) is 1. The number of hydrogen-bond acceptors (Lipinski definition) is 3. The summed E-state index contributed by atoms with van der Waals surface area (Å²) in [6.07, 6.45) is 0. The number of nitrogens with zero attached hydrogens (tertiary/aromatic N) is 1. The van der Waals surface area contributed by atoms with Crippen LogP contribution in [-0.2, 0) is 11.4 Å². The molecule has 1 N–H and O–H groups in total. The smallest absolute Gasteiger partial charge is 0.0991 e. The van der Waals surface area contributed by atoms with E-state index in [0.29, 0.717) is 18.7 Å². The molecule has 0 fully saturated rings. The molecule has 0 aliphatic carbocycles. The summed E-state index contributed by atoms with van der Waals surface area (Å²) < 4.78 is 0. The molecule has 0 aromatic heterocycles. The van der Waals surface area contributed by atoms with Crippen LogP contribution in [0.5, 0.6) is 0 Å². The van der Waals surface area contributed by atoms with Gasteiger partial charge in [-0.2, -0.15) is 10.7 Å². The fourth-order valence-corrected chi connectivity index (χ4v) is 0.934. The third-order valence-electron chi connectivity index (χ3n) is 1.61.